The van der Waals surface area contributed by atoms with Crippen molar-refractivity contribution in [3.63, 3.8) is 0 Å². The summed E-state index contributed by atoms with van der Waals surface area (Å²) in [5.41, 5.74) is 0.219. The summed E-state index contributed by atoms with van der Waals surface area (Å²) in [6, 6.07) is 3.59. The average molecular weight is 329 g/mol. The number of rotatable bonds is 3. The lowest BCUT2D eigenvalue weighted by Crippen LogP contribution is -2.43. The third kappa shape index (κ3) is 3.14. The van der Waals surface area contributed by atoms with Gasteiger partial charge in [0.25, 0.3) is 0 Å². The second-order valence-electron chi connectivity index (χ2n) is 6.05. The zero-order valence-electron chi connectivity index (χ0n) is 11.9. The van der Waals surface area contributed by atoms with E-state index in [1.54, 1.807) is 0 Å². The highest BCUT2D eigenvalue weighted by molar-refractivity contribution is 7.91. The Labute approximate surface area is 127 Å². The molecule has 120 valence electrons. The Bertz CT molecular complexity index is 705. The summed E-state index contributed by atoms with van der Waals surface area (Å²) in [4.78, 5) is 12.1. The highest BCUT2D eigenvalue weighted by Crippen LogP contribution is 2.48. The third-order valence-electron chi connectivity index (χ3n) is 4.32. The molecular weight excluding hydrogens is 312 g/mol. The molecule has 0 spiro atoms. The molecule has 1 amide bonds. The van der Waals surface area contributed by atoms with Gasteiger partial charge in [-0.05, 0) is 36.8 Å². The molecule has 0 unspecified atom stereocenters. The van der Waals surface area contributed by atoms with Crippen molar-refractivity contribution in [1.29, 1.82) is 0 Å². The highest BCUT2D eigenvalue weighted by Gasteiger charge is 2.46. The summed E-state index contributed by atoms with van der Waals surface area (Å²) in [5, 5.41) is 2.74. The number of carbonyl (C=O) groups is 1. The number of hydrogen-bond acceptors (Lipinski definition) is 3. The molecule has 2 aliphatic rings. The first-order chi connectivity index (χ1) is 10.4. The van der Waals surface area contributed by atoms with Crippen LogP contribution in [0, 0.1) is 17.6 Å². The van der Waals surface area contributed by atoms with Crippen LogP contribution in [0.1, 0.15) is 30.7 Å². The molecule has 1 saturated carbocycles. The Hall–Kier alpha value is -1.50. The highest BCUT2D eigenvalue weighted by atomic mass is 32.2. The van der Waals surface area contributed by atoms with E-state index >= 15 is 0 Å². The zero-order chi connectivity index (χ0) is 15.9. The van der Waals surface area contributed by atoms with Gasteiger partial charge in [0.2, 0.25) is 5.91 Å². The predicted molar refractivity (Wildman–Crippen MR) is 77.0 cm³/mol. The fourth-order valence-electron chi connectivity index (χ4n) is 3.08. The fraction of sp³-hybridized carbons (Fsp3) is 0.533. The van der Waals surface area contributed by atoms with Crippen molar-refractivity contribution < 1.29 is 22.0 Å². The van der Waals surface area contributed by atoms with Gasteiger partial charge in [0.15, 0.2) is 21.5 Å². The summed E-state index contributed by atoms with van der Waals surface area (Å²) in [6.07, 6.45) is 1.64. The Balaban J connectivity index is 1.62. The quantitative estimate of drug-likeness (QED) is 0.919. The molecule has 4 nitrogen and oxygen atoms in total. The van der Waals surface area contributed by atoms with Crippen molar-refractivity contribution in [3.05, 3.63) is 35.4 Å². The van der Waals surface area contributed by atoms with Gasteiger partial charge in [-0.1, -0.05) is 12.1 Å². The van der Waals surface area contributed by atoms with Crippen molar-refractivity contribution >= 4 is 15.7 Å². The van der Waals surface area contributed by atoms with Gasteiger partial charge in [0.05, 0.1) is 11.5 Å². The number of benzene rings is 1. The van der Waals surface area contributed by atoms with Crippen molar-refractivity contribution in [2.45, 2.75) is 31.2 Å². The van der Waals surface area contributed by atoms with Gasteiger partial charge < -0.3 is 5.32 Å². The van der Waals surface area contributed by atoms with Gasteiger partial charge in [0, 0.05) is 12.0 Å². The largest absolute Gasteiger partial charge is 0.352 e. The maximum atomic E-state index is 13.7. The molecule has 22 heavy (non-hydrogen) atoms. The number of carbonyl (C=O) groups excluding carboxylic acids is 1. The van der Waals surface area contributed by atoms with Crippen molar-refractivity contribution in [2.24, 2.45) is 5.92 Å². The van der Waals surface area contributed by atoms with Gasteiger partial charge in [0.1, 0.15) is 0 Å². The zero-order valence-corrected chi connectivity index (χ0v) is 12.7. The first-order valence-electron chi connectivity index (χ1n) is 7.32. The molecule has 1 aliphatic heterocycles. The molecule has 2 fully saturated rings. The van der Waals surface area contributed by atoms with Gasteiger partial charge >= 0.3 is 0 Å². The van der Waals surface area contributed by atoms with Crippen LogP contribution in [0.4, 0.5) is 8.78 Å². The topological polar surface area (TPSA) is 63.2 Å². The third-order valence-corrected chi connectivity index (χ3v) is 6.14. The van der Waals surface area contributed by atoms with Crippen LogP contribution >= 0.6 is 0 Å². The molecule has 1 heterocycles. The van der Waals surface area contributed by atoms with Gasteiger partial charge in [-0.15, -0.1) is 0 Å². The molecule has 0 aromatic heterocycles. The molecule has 7 heteroatoms. The molecule has 0 radical (unpaired) electrons. The lowest BCUT2D eigenvalue weighted by molar-refractivity contribution is -0.123. The van der Waals surface area contributed by atoms with Gasteiger partial charge in [-0.25, -0.2) is 17.2 Å². The standard InChI is InChI=1S/C15H17F2NO3S/c16-13-5-1-4-10(14(13)17)11-7-12(11)15(19)18-9-3-2-6-22(20,21)8-9/h1,4-5,9,11-12H,2-3,6-8H2,(H,18,19)/t9-,11+,12+/m1/s1. The van der Waals surface area contributed by atoms with Crippen LogP contribution < -0.4 is 5.32 Å². The van der Waals surface area contributed by atoms with Crippen LogP contribution in [0.25, 0.3) is 0 Å². The van der Waals surface area contributed by atoms with E-state index in [-0.39, 0.29) is 34.9 Å². The van der Waals surface area contributed by atoms with E-state index in [4.69, 9.17) is 0 Å². The van der Waals surface area contributed by atoms with Crippen LogP contribution in [0.15, 0.2) is 18.2 Å². The molecular formula is C15H17F2NO3S. The fourth-order valence-corrected chi connectivity index (χ4v) is 4.72. The average Bonchev–Trinajstić information content (AvgIpc) is 3.21. The van der Waals surface area contributed by atoms with Crippen molar-refractivity contribution in [1.82, 2.24) is 5.32 Å². The maximum Gasteiger partial charge on any atom is 0.223 e. The molecule has 1 aliphatic carbocycles. The molecule has 1 aromatic carbocycles. The Morgan fingerprint density at radius 3 is 2.77 bits per heavy atom. The van der Waals surface area contributed by atoms with Crippen LogP contribution in [0.5, 0.6) is 0 Å². The SMILES string of the molecule is O=C(N[C@@H]1CCCS(=O)(=O)C1)[C@H]1C[C@H]1c1cccc(F)c1F. The first-order valence-corrected chi connectivity index (χ1v) is 9.14. The van der Waals surface area contributed by atoms with Gasteiger partial charge in [-0.3, -0.25) is 4.79 Å². The Morgan fingerprint density at radius 1 is 1.27 bits per heavy atom. The first kappa shape index (κ1) is 15.4. The number of hydrogen-bond donors (Lipinski definition) is 1. The summed E-state index contributed by atoms with van der Waals surface area (Å²) in [7, 11) is -3.09. The Morgan fingerprint density at radius 2 is 2.05 bits per heavy atom. The van der Waals surface area contributed by atoms with Crippen LogP contribution in [0.3, 0.4) is 0 Å². The van der Waals surface area contributed by atoms with E-state index in [0.717, 1.165) is 6.07 Å². The van der Waals surface area contributed by atoms with E-state index in [2.05, 4.69) is 5.32 Å². The van der Waals surface area contributed by atoms with E-state index in [9.17, 15) is 22.0 Å². The lowest BCUT2D eigenvalue weighted by Gasteiger charge is -2.23. The lowest BCUT2D eigenvalue weighted by atomic mass is 10.1. The predicted octanol–water partition coefficient (Wildman–Crippen LogP) is 1.76. The van der Waals surface area contributed by atoms with Crippen molar-refractivity contribution in [3.8, 4) is 0 Å². The minimum Gasteiger partial charge on any atom is -0.352 e. The Kier molecular flexibility index (Phi) is 3.92. The minimum absolute atomic E-state index is 0.0372. The smallest absolute Gasteiger partial charge is 0.223 e. The number of nitrogens with one attached hydrogen (secondary N) is 1. The second-order valence-corrected chi connectivity index (χ2v) is 8.28. The van der Waals surface area contributed by atoms with Crippen LogP contribution in [-0.4, -0.2) is 31.9 Å². The molecule has 0 bridgehead atoms. The summed E-state index contributed by atoms with van der Waals surface area (Å²) >= 11 is 0. The van der Waals surface area contributed by atoms with Crippen molar-refractivity contribution in [2.75, 3.05) is 11.5 Å². The molecule has 3 atom stereocenters. The van der Waals surface area contributed by atoms with E-state index < -0.39 is 27.4 Å². The number of amides is 1. The van der Waals surface area contributed by atoms with Gasteiger partial charge in [-0.2, -0.15) is 0 Å². The maximum absolute atomic E-state index is 13.7. The molecule has 1 N–H and O–H groups in total. The minimum atomic E-state index is -3.09. The van der Waals surface area contributed by atoms with E-state index in [1.807, 2.05) is 0 Å². The monoisotopic (exact) mass is 329 g/mol. The van der Waals surface area contributed by atoms with E-state index in [0.29, 0.717) is 19.3 Å². The summed E-state index contributed by atoms with van der Waals surface area (Å²) in [5.74, 6) is -2.68. The summed E-state index contributed by atoms with van der Waals surface area (Å²) in [6.45, 7) is 0. The number of halogens is 2. The normalized spacial score (nSPS) is 29.8. The second kappa shape index (κ2) is 5.61. The molecule has 3 rings (SSSR count). The molecule has 1 aromatic rings. The van der Waals surface area contributed by atoms with E-state index in [1.165, 1.54) is 12.1 Å². The van der Waals surface area contributed by atoms with Crippen LogP contribution in [-0.2, 0) is 14.6 Å². The summed E-state index contributed by atoms with van der Waals surface area (Å²) < 4.78 is 50.0. The van der Waals surface area contributed by atoms with Crippen LogP contribution in [0.2, 0.25) is 0 Å². The number of sulfone groups is 1. The molecule has 1 saturated heterocycles.